The van der Waals surface area contributed by atoms with Crippen molar-refractivity contribution in [3.8, 4) is 0 Å². The zero-order valence-corrected chi connectivity index (χ0v) is 11.5. The summed E-state index contributed by atoms with van der Waals surface area (Å²) in [7, 11) is 0. The molecule has 0 saturated carbocycles. The van der Waals surface area contributed by atoms with Crippen LogP contribution in [0.15, 0.2) is 24.3 Å². The predicted molar refractivity (Wildman–Crippen MR) is 74.5 cm³/mol. The maximum Gasteiger partial charge on any atom is 0.311 e. The molecule has 1 aliphatic heterocycles. The fraction of sp³-hybridized carbons (Fsp3) is 0.333. The van der Waals surface area contributed by atoms with Crippen LogP contribution in [0.3, 0.4) is 0 Å². The first-order valence-corrected chi connectivity index (χ1v) is 6.71. The summed E-state index contributed by atoms with van der Waals surface area (Å²) >= 11 is 0. The number of hydrogen-bond donors (Lipinski definition) is 2. The van der Waals surface area contributed by atoms with Crippen molar-refractivity contribution in [1.82, 2.24) is 9.88 Å². The van der Waals surface area contributed by atoms with Crippen LogP contribution in [0.5, 0.6) is 0 Å². The second-order valence-corrected chi connectivity index (χ2v) is 5.73. The number of carbonyl (C=O) groups is 2. The van der Waals surface area contributed by atoms with Gasteiger partial charge in [0.25, 0.3) is 5.91 Å². The number of H-pyrrole nitrogens is 1. The van der Waals surface area contributed by atoms with E-state index in [9.17, 15) is 19.1 Å². The Kier molecular flexibility index (Phi) is 2.97. The molecule has 6 heteroatoms. The van der Waals surface area contributed by atoms with Crippen molar-refractivity contribution in [2.75, 3.05) is 13.1 Å². The molecule has 110 valence electrons. The number of nitrogens with one attached hydrogen (secondary N) is 1. The molecule has 1 aromatic heterocycles. The Hall–Kier alpha value is -2.37. The topological polar surface area (TPSA) is 73.4 Å². The van der Waals surface area contributed by atoms with E-state index < -0.39 is 11.4 Å². The van der Waals surface area contributed by atoms with Crippen LogP contribution in [-0.2, 0) is 4.79 Å². The van der Waals surface area contributed by atoms with Crippen molar-refractivity contribution in [2.24, 2.45) is 5.41 Å². The number of halogens is 1. The molecule has 1 amide bonds. The highest BCUT2D eigenvalue weighted by Gasteiger charge is 2.42. The van der Waals surface area contributed by atoms with Gasteiger partial charge in [-0.3, -0.25) is 9.59 Å². The summed E-state index contributed by atoms with van der Waals surface area (Å²) in [6.45, 7) is 2.19. The summed E-state index contributed by atoms with van der Waals surface area (Å²) in [5.41, 5.74) is -0.0734. The summed E-state index contributed by atoms with van der Waals surface area (Å²) in [4.78, 5) is 28.0. The molecule has 0 spiro atoms. The standard InChI is InChI=1S/C15H15FN2O3/c1-15(14(20)21)5-6-18(8-15)13(19)12-7-9-10(16)3-2-4-11(9)17-12/h2-4,7,17H,5-6,8H2,1H3,(H,20,21)/t15-/m1/s1. The highest BCUT2D eigenvalue weighted by atomic mass is 19.1. The third kappa shape index (κ3) is 2.16. The van der Waals surface area contributed by atoms with Crippen molar-refractivity contribution < 1.29 is 19.1 Å². The number of carbonyl (C=O) groups excluding carboxylic acids is 1. The van der Waals surface area contributed by atoms with E-state index in [2.05, 4.69) is 4.98 Å². The number of nitrogens with zero attached hydrogens (tertiary/aromatic N) is 1. The van der Waals surface area contributed by atoms with Crippen LogP contribution < -0.4 is 0 Å². The van der Waals surface area contributed by atoms with Crippen LogP contribution in [0.1, 0.15) is 23.8 Å². The van der Waals surface area contributed by atoms with Crippen molar-refractivity contribution in [2.45, 2.75) is 13.3 Å². The summed E-state index contributed by atoms with van der Waals surface area (Å²) < 4.78 is 13.6. The van der Waals surface area contributed by atoms with Crippen LogP contribution in [0.4, 0.5) is 4.39 Å². The van der Waals surface area contributed by atoms with Gasteiger partial charge in [0.2, 0.25) is 0 Å². The molecule has 2 heterocycles. The normalized spacial score (nSPS) is 21.9. The van der Waals surface area contributed by atoms with E-state index in [-0.39, 0.29) is 24.0 Å². The Bertz CT molecular complexity index is 740. The Morgan fingerprint density at radius 3 is 2.81 bits per heavy atom. The van der Waals surface area contributed by atoms with Crippen molar-refractivity contribution >= 4 is 22.8 Å². The number of hydrogen-bond acceptors (Lipinski definition) is 2. The average molecular weight is 290 g/mol. The first-order chi connectivity index (χ1) is 9.90. The largest absolute Gasteiger partial charge is 0.481 e. The van der Waals surface area contributed by atoms with Gasteiger partial charge in [0.05, 0.1) is 5.41 Å². The predicted octanol–water partition coefficient (Wildman–Crippen LogP) is 2.24. The summed E-state index contributed by atoms with van der Waals surface area (Å²) in [5, 5.41) is 9.56. The zero-order valence-electron chi connectivity index (χ0n) is 11.5. The lowest BCUT2D eigenvalue weighted by atomic mass is 9.90. The minimum absolute atomic E-state index is 0.166. The van der Waals surface area contributed by atoms with Gasteiger partial charge >= 0.3 is 5.97 Å². The lowest BCUT2D eigenvalue weighted by molar-refractivity contribution is -0.147. The van der Waals surface area contributed by atoms with E-state index in [1.165, 1.54) is 17.0 Å². The fourth-order valence-corrected chi connectivity index (χ4v) is 2.71. The van der Waals surface area contributed by atoms with Crippen LogP contribution >= 0.6 is 0 Å². The number of rotatable bonds is 2. The lowest BCUT2D eigenvalue weighted by Gasteiger charge is -2.19. The highest BCUT2D eigenvalue weighted by molar-refractivity contribution is 5.98. The average Bonchev–Trinajstić information content (AvgIpc) is 3.03. The minimum Gasteiger partial charge on any atom is -0.481 e. The maximum absolute atomic E-state index is 13.6. The summed E-state index contributed by atoms with van der Waals surface area (Å²) in [5.74, 6) is -1.59. The van der Waals surface area contributed by atoms with Gasteiger partial charge in [-0.2, -0.15) is 0 Å². The molecule has 1 atom stereocenters. The molecule has 0 aliphatic carbocycles. The van der Waals surface area contributed by atoms with Crippen molar-refractivity contribution in [3.05, 3.63) is 35.8 Å². The number of aliphatic carboxylic acids is 1. The molecular weight excluding hydrogens is 275 g/mol. The second-order valence-electron chi connectivity index (χ2n) is 5.73. The minimum atomic E-state index is -0.910. The van der Waals surface area contributed by atoms with Crippen molar-refractivity contribution in [3.63, 3.8) is 0 Å². The van der Waals surface area contributed by atoms with Crippen LogP contribution in [0, 0.1) is 11.2 Å². The fourth-order valence-electron chi connectivity index (χ4n) is 2.71. The number of benzene rings is 1. The van der Waals surface area contributed by atoms with Gasteiger partial charge in [-0.25, -0.2) is 4.39 Å². The molecule has 1 saturated heterocycles. The van der Waals surface area contributed by atoms with Crippen LogP contribution in [0.25, 0.3) is 10.9 Å². The van der Waals surface area contributed by atoms with Gasteiger partial charge in [-0.15, -0.1) is 0 Å². The van der Waals surface area contributed by atoms with E-state index in [0.29, 0.717) is 23.9 Å². The van der Waals surface area contributed by atoms with Gasteiger partial charge in [0.15, 0.2) is 0 Å². The Labute approximate surface area is 120 Å². The number of aromatic amines is 1. The summed E-state index contributed by atoms with van der Waals surface area (Å²) in [6.07, 6.45) is 0.419. The third-order valence-corrected chi connectivity index (χ3v) is 4.12. The molecule has 0 unspecified atom stereocenters. The van der Waals surface area contributed by atoms with Crippen LogP contribution in [-0.4, -0.2) is 40.0 Å². The van der Waals surface area contributed by atoms with Gasteiger partial charge in [0, 0.05) is 24.0 Å². The molecule has 3 rings (SSSR count). The molecule has 21 heavy (non-hydrogen) atoms. The SMILES string of the molecule is C[C@@]1(C(=O)O)CCN(C(=O)c2cc3c(F)cccc3[nH]2)C1. The zero-order chi connectivity index (χ0) is 15.2. The van der Waals surface area contributed by atoms with Gasteiger partial charge in [-0.1, -0.05) is 6.07 Å². The molecule has 1 aromatic carbocycles. The molecule has 1 aliphatic rings. The highest BCUT2D eigenvalue weighted by Crippen LogP contribution is 2.31. The molecule has 0 radical (unpaired) electrons. The number of carboxylic acid groups (broad SMARTS) is 1. The molecule has 5 nitrogen and oxygen atoms in total. The third-order valence-electron chi connectivity index (χ3n) is 4.12. The monoisotopic (exact) mass is 290 g/mol. The molecule has 1 fully saturated rings. The lowest BCUT2D eigenvalue weighted by Crippen LogP contribution is -2.35. The van der Waals surface area contributed by atoms with E-state index in [4.69, 9.17) is 0 Å². The smallest absolute Gasteiger partial charge is 0.311 e. The second kappa shape index (κ2) is 4.58. The van der Waals surface area contributed by atoms with Gasteiger partial charge in [-0.05, 0) is 31.5 Å². The molecule has 2 N–H and O–H groups in total. The maximum atomic E-state index is 13.6. The van der Waals surface area contributed by atoms with Gasteiger partial charge < -0.3 is 15.0 Å². The van der Waals surface area contributed by atoms with Crippen molar-refractivity contribution in [1.29, 1.82) is 0 Å². The van der Waals surface area contributed by atoms with E-state index >= 15 is 0 Å². The first kappa shape index (κ1) is 13.6. The molecule has 0 bridgehead atoms. The Balaban J connectivity index is 1.88. The number of aromatic nitrogens is 1. The quantitative estimate of drug-likeness (QED) is 0.891. The van der Waals surface area contributed by atoms with E-state index in [0.717, 1.165) is 0 Å². The van der Waals surface area contributed by atoms with E-state index in [1.807, 2.05) is 0 Å². The molecular formula is C15H15FN2O3. The summed E-state index contributed by atoms with van der Waals surface area (Å²) in [6, 6.07) is 6.07. The number of amides is 1. The first-order valence-electron chi connectivity index (χ1n) is 6.71. The van der Waals surface area contributed by atoms with Gasteiger partial charge in [0.1, 0.15) is 11.5 Å². The Morgan fingerprint density at radius 1 is 1.43 bits per heavy atom. The van der Waals surface area contributed by atoms with Crippen LogP contribution in [0.2, 0.25) is 0 Å². The number of fused-ring (bicyclic) bond motifs is 1. The Morgan fingerprint density at radius 2 is 2.19 bits per heavy atom. The number of likely N-dealkylation sites (tertiary alicyclic amines) is 1. The van der Waals surface area contributed by atoms with E-state index in [1.54, 1.807) is 19.1 Å². The molecule has 2 aromatic rings. The number of carboxylic acids is 1.